The molecule has 0 bridgehead atoms. The van der Waals surface area contributed by atoms with Gasteiger partial charge in [-0.15, -0.1) is 0 Å². The van der Waals surface area contributed by atoms with E-state index in [9.17, 15) is 0 Å². The Bertz CT molecular complexity index is 559. The highest BCUT2D eigenvalue weighted by atomic mass is 16.5. The molecule has 0 saturated carbocycles. The number of rotatable bonds is 5. The molecule has 0 atom stereocenters. The molecule has 0 N–H and O–H groups in total. The number of hydrogen-bond donors (Lipinski definition) is 0. The second-order valence-electron chi connectivity index (χ2n) is 5.39. The second kappa shape index (κ2) is 6.83. The quantitative estimate of drug-likeness (QED) is 0.844. The maximum atomic E-state index is 5.36. The molecule has 112 valence electrons. The molecule has 1 aliphatic heterocycles. The number of nitrogens with zero attached hydrogens (tertiary/aromatic N) is 3. The first-order valence-electron chi connectivity index (χ1n) is 7.51. The minimum absolute atomic E-state index is 0.597. The molecule has 1 aromatic heterocycles. The van der Waals surface area contributed by atoms with Crippen molar-refractivity contribution < 1.29 is 9.26 Å². The highest BCUT2D eigenvalue weighted by Gasteiger charge is 2.09. The highest BCUT2D eigenvalue weighted by molar-refractivity contribution is 5.54. The molecule has 5 heteroatoms. The Balaban J connectivity index is 1.50. The second-order valence-corrected chi connectivity index (χ2v) is 5.39. The summed E-state index contributed by atoms with van der Waals surface area (Å²) in [5, 5.41) is 3.93. The molecule has 2 heterocycles. The molecule has 2 aromatic rings. The lowest BCUT2D eigenvalue weighted by Gasteiger charge is -2.26. The third kappa shape index (κ3) is 3.89. The van der Waals surface area contributed by atoms with Crippen molar-refractivity contribution in [2.75, 3.05) is 32.8 Å². The van der Waals surface area contributed by atoms with Gasteiger partial charge in [0.2, 0.25) is 11.7 Å². The van der Waals surface area contributed by atoms with Gasteiger partial charge in [0.05, 0.1) is 13.2 Å². The number of benzene rings is 1. The van der Waals surface area contributed by atoms with Crippen molar-refractivity contribution >= 4 is 0 Å². The first-order valence-corrected chi connectivity index (χ1v) is 7.51. The Morgan fingerprint density at radius 2 is 1.90 bits per heavy atom. The lowest BCUT2D eigenvalue weighted by atomic mass is 10.1. The number of morpholine rings is 1. The first-order chi connectivity index (χ1) is 10.3. The van der Waals surface area contributed by atoms with Crippen molar-refractivity contribution in [1.82, 2.24) is 15.0 Å². The molecule has 0 unspecified atom stereocenters. The number of aryl methyl sites for hydroxylation is 2. The van der Waals surface area contributed by atoms with Crippen LogP contribution >= 0.6 is 0 Å². The summed E-state index contributed by atoms with van der Waals surface area (Å²) in [4.78, 5) is 6.71. The molecule has 0 spiro atoms. The summed E-state index contributed by atoms with van der Waals surface area (Å²) in [5.74, 6) is 1.26. The van der Waals surface area contributed by atoms with Crippen LogP contribution in [0.5, 0.6) is 0 Å². The maximum Gasteiger partial charge on any atom is 0.223 e. The van der Waals surface area contributed by atoms with Crippen LogP contribution in [0.3, 0.4) is 0 Å². The maximum absolute atomic E-state index is 5.36. The topological polar surface area (TPSA) is 51.4 Å². The number of hydrogen-bond acceptors (Lipinski definition) is 5. The van der Waals surface area contributed by atoms with Crippen LogP contribution in [0.1, 0.15) is 17.9 Å². The molecule has 3 rings (SSSR count). The van der Waals surface area contributed by atoms with E-state index in [0.717, 1.165) is 44.8 Å². The minimum atomic E-state index is 0.597. The first kappa shape index (κ1) is 14.2. The van der Waals surface area contributed by atoms with Gasteiger partial charge >= 0.3 is 0 Å². The van der Waals surface area contributed by atoms with E-state index >= 15 is 0 Å². The molecule has 1 fully saturated rings. The molecule has 1 saturated heterocycles. The molecule has 21 heavy (non-hydrogen) atoms. The van der Waals surface area contributed by atoms with Gasteiger partial charge in [0.1, 0.15) is 0 Å². The fourth-order valence-electron chi connectivity index (χ4n) is 2.57. The minimum Gasteiger partial charge on any atom is -0.379 e. The zero-order valence-electron chi connectivity index (χ0n) is 12.4. The van der Waals surface area contributed by atoms with Gasteiger partial charge in [0.25, 0.3) is 0 Å². The van der Waals surface area contributed by atoms with Crippen molar-refractivity contribution in [2.45, 2.75) is 19.8 Å². The summed E-state index contributed by atoms with van der Waals surface area (Å²) in [6.07, 6.45) is 2.28. The average Bonchev–Trinajstić information content (AvgIpc) is 2.96. The van der Waals surface area contributed by atoms with Crippen LogP contribution in [0.4, 0.5) is 0 Å². The third-order valence-electron chi connectivity index (χ3n) is 3.78. The van der Waals surface area contributed by atoms with Crippen LogP contribution in [-0.2, 0) is 11.2 Å². The molecule has 0 amide bonds. The predicted molar refractivity (Wildman–Crippen MR) is 80.1 cm³/mol. The lowest BCUT2D eigenvalue weighted by molar-refractivity contribution is 0.0375. The molecule has 5 nitrogen and oxygen atoms in total. The van der Waals surface area contributed by atoms with Crippen LogP contribution < -0.4 is 0 Å². The Kier molecular flexibility index (Phi) is 4.62. The highest BCUT2D eigenvalue weighted by Crippen LogP contribution is 2.17. The lowest BCUT2D eigenvalue weighted by Crippen LogP contribution is -2.36. The summed E-state index contributed by atoms with van der Waals surface area (Å²) in [6.45, 7) is 6.83. The van der Waals surface area contributed by atoms with Crippen LogP contribution in [0.15, 0.2) is 28.8 Å². The van der Waals surface area contributed by atoms with Gasteiger partial charge in [-0.2, -0.15) is 4.98 Å². The van der Waals surface area contributed by atoms with E-state index in [1.54, 1.807) is 6.92 Å². The Hall–Kier alpha value is -1.72. The van der Waals surface area contributed by atoms with Crippen LogP contribution in [-0.4, -0.2) is 47.9 Å². The monoisotopic (exact) mass is 287 g/mol. The Morgan fingerprint density at radius 1 is 1.14 bits per heavy atom. The van der Waals surface area contributed by atoms with E-state index < -0.39 is 0 Å². The van der Waals surface area contributed by atoms with Gasteiger partial charge in [0, 0.05) is 25.6 Å². The van der Waals surface area contributed by atoms with Crippen LogP contribution in [0.25, 0.3) is 11.4 Å². The normalized spacial score (nSPS) is 16.2. The standard InChI is InChI=1S/C16H21N3O2/c1-13-17-16(18-21-13)15-6-4-14(5-7-15)3-2-8-19-9-11-20-12-10-19/h4-7H,2-3,8-12H2,1H3. The van der Waals surface area contributed by atoms with E-state index in [-0.39, 0.29) is 0 Å². The van der Waals surface area contributed by atoms with E-state index in [1.165, 1.54) is 12.0 Å². The number of aromatic nitrogens is 2. The van der Waals surface area contributed by atoms with Crippen molar-refractivity contribution in [3.05, 3.63) is 35.7 Å². The van der Waals surface area contributed by atoms with E-state index in [4.69, 9.17) is 9.26 Å². The van der Waals surface area contributed by atoms with Crippen LogP contribution in [0.2, 0.25) is 0 Å². The van der Waals surface area contributed by atoms with Crippen molar-refractivity contribution in [3.63, 3.8) is 0 Å². The fraction of sp³-hybridized carbons (Fsp3) is 0.500. The van der Waals surface area contributed by atoms with Crippen molar-refractivity contribution in [1.29, 1.82) is 0 Å². The van der Waals surface area contributed by atoms with Gasteiger partial charge in [0.15, 0.2) is 0 Å². The molecular weight excluding hydrogens is 266 g/mol. The third-order valence-corrected chi connectivity index (χ3v) is 3.78. The van der Waals surface area contributed by atoms with Gasteiger partial charge in [-0.05, 0) is 24.9 Å². The van der Waals surface area contributed by atoms with Gasteiger partial charge in [-0.1, -0.05) is 29.4 Å². The largest absolute Gasteiger partial charge is 0.379 e. The average molecular weight is 287 g/mol. The SMILES string of the molecule is Cc1nc(-c2ccc(CCCN3CCOCC3)cc2)no1. The summed E-state index contributed by atoms with van der Waals surface area (Å²) in [7, 11) is 0. The van der Waals surface area contributed by atoms with Crippen molar-refractivity contribution in [3.8, 4) is 11.4 Å². The molecule has 1 aliphatic rings. The Morgan fingerprint density at radius 3 is 2.57 bits per heavy atom. The summed E-state index contributed by atoms with van der Waals surface area (Å²) in [6, 6.07) is 8.43. The number of ether oxygens (including phenoxy) is 1. The predicted octanol–water partition coefficient (Wildman–Crippen LogP) is 2.31. The van der Waals surface area contributed by atoms with E-state index in [2.05, 4.69) is 39.3 Å². The summed E-state index contributed by atoms with van der Waals surface area (Å²) < 4.78 is 10.4. The van der Waals surface area contributed by atoms with Gasteiger partial charge < -0.3 is 9.26 Å². The Labute approximate surface area is 124 Å². The fourth-order valence-corrected chi connectivity index (χ4v) is 2.57. The zero-order chi connectivity index (χ0) is 14.5. The zero-order valence-corrected chi connectivity index (χ0v) is 12.4. The summed E-state index contributed by atoms with van der Waals surface area (Å²) >= 11 is 0. The van der Waals surface area contributed by atoms with E-state index in [1.807, 2.05) is 0 Å². The van der Waals surface area contributed by atoms with Gasteiger partial charge in [-0.25, -0.2) is 0 Å². The smallest absolute Gasteiger partial charge is 0.223 e. The van der Waals surface area contributed by atoms with E-state index in [0.29, 0.717) is 11.7 Å². The molecule has 1 aromatic carbocycles. The summed E-state index contributed by atoms with van der Waals surface area (Å²) in [5.41, 5.74) is 2.36. The van der Waals surface area contributed by atoms with Crippen LogP contribution in [0, 0.1) is 6.92 Å². The van der Waals surface area contributed by atoms with Crippen molar-refractivity contribution in [2.24, 2.45) is 0 Å². The van der Waals surface area contributed by atoms with Gasteiger partial charge in [-0.3, -0.25) is 4.90 Å². The molecule has 0 aliphatic carbocycles. The molecular formula is C16H21N3O2. The molecule has 0 radical (unpaired) electrons.